The second-order valence-corrected chi connectivity index (χ2v) is 20.3. The highest BCUT2D eigenvalue weighted by molar-refractivity contribution is 6.32. The van der Waals surface area contributed by atoms with Crippen molar-refractivity contribution >= 4 is 82.0 Å². The number of benzene rings is 2. The summed E-state index contributed by atoms with van der Waals surface area (Å²) in [6.07, 6.45) is 14.2. The first-order chi connectivity index (χ1) is 39.5. The van der Waals surface area contributed by atoms with Crippen molar-refractivity contribution in [1.29, 1.82) is 0 Å². The molecule has 450 valence electrons. The van der Waals surface area contributed by atoms with Crippen LogP contribution in [0.15, 0.2) is 58.5 Å². The van der Waals surface area contributed by atoms with Crippen LogP contribution < -0.4 is 65.1 Å². The lowest BCUT2D eigenvalue weighted by atomic mass is 10.1. The first-order valence-electron chi connectivity index (χ1n) is 28.4. The van der Waals surface area contributed by atoms with Gasteiger partial charge in [0.05, 0.1) is 0 Å². The number of carbonyl (C=O) groups is 4. The Hall–Kier alpha value is -7.28. The molecule has 0 unspecified atom stereocenters. The second kappa shape index (κ2) is 38.4. The monoisotopic (exact) mass is 1180 g/mol. The molecule has 0 aliphatic carbocycles. The Morgan fingerprint density at radius 1 is 0.500 bits per heavy atom. The zero-order chi connectivity index (χ0) is 59.5. The van der Waals surface area contributed by atoms with E-state index in [4.69, 9.17) is 67.1 Å². The largest absolute Gasteiger partial charge is 0.492 e. The summed E-state index contributed by atoms with van der Waals surface area (Å²) in [6.45, 7) is 11.8. The molecule has 0 aliphatic heterocycles. The first kappa shape index (κ1) is 67.2. The molecule has 0 aliphatic rings. The number of carbonyl (C=O) groups excluding carboxylic acids is 4. The van der Waals surface area contributed by atoms with Gasteiger partial charge in [-0.05, 0) is 99.8 Å². The third-order valence-electron chi connectivity index (χ3n) is 13.0. The Bertz CT molecular complexity index is 2470. The summed E-state index contributed by atoms with van der Waals surface area (Å²) in [6, 6.07) is 16.1. The van der Waals surface area contributed by atoms with Gasteiger partial charge < -0.3 is 54.5 Å². The summed E-state index contributed by atoms with van der Waals surface area (Å²) in [5.41, 5.74) is 36.3. The lowest BCUT2D eigenvalue weighted by Gasteiger charge is -2.23. The maximum atomic E-state index is 12.8. The molecule has 0 atom stereocenters. The molecule has 2 heterocycles. The van der Waals surface area contributed by atoms with E-state index in [-0.39, 0.29) is 81.5 Å². The van der Waals surface area contributed by atoms with Crippen LogP contribution in [-0.2, 0) is 22.4 Å². The van der Waals surface area contributed by atoms with Crippen molar-refractivity contribution < 1.29 is 28.7 Å². The smallest absolute Gasteiger partial charge is 0.280 e. The normalized spacial score (nSPS) is 11.7. The van der Waals surface area contributed by atoms with Gasteiger partial charge in [-0.15, -0.1) is 0 Å². The van der Waals surface area contributed by atoms with Gasteiger partial charge in [0, 0.05) is 65.2 Å². The van der Waals surface area contributed by atoms with Crippen LogP contribution >= 0.6 is 23.2 Å². The number of halogens is 2. The quantitative estimate of drug-likeness (QED) is 0.0154. The minimum atomic E-state index is -0.683. The van der Waals surface area contributed by atoms with Crippen LogP contribution in [-0.4, -0.2) is 144 Å². The van der Waals surface area contributed by atoms with Crippen molar-refractivity contribution in [2.75, 3.05) is 102 Å². The number of nitrogens with one attached hydrogen (secondary N) is 4. The number of aromatic nitrogens is 4. The van der Waals surface area contributed by atoms with Crippen LogP contribution in [0.3, 0.4) is 0 Å². The third-order valence-corrected chi connectivity index (χ3v) is 13.5. The third kappa shape index (κ3) is 27.0. The fourth-order valence-corrected chi connectivity index (χ4v) is 8.58. The maximum absolute atomic E-state index is 12.8. The van der Waals surface area contributed by atoms with Gasteiger partial charge >= 0.3 is 0 Å². The van der Waals surface area contributed by atoms with E-state index < -0.39 is 11.8 Å². The number of nitrogen functional groups attached to an aromatic ring is 4. The molecular weight excluding hydrogens is 1090 g/mol. The van der Waals surface area contributed by atoms with E-state index >= 15 is 0 Å². The van der Waals surface area contributed by atoms with E-state index in [0.29, 0.717) is 65.6 Å². The van der Waals surface area contributed by atoms with Crippen LogP contribution in [0, 0.1) is 0 Å². The van der Waals surface area contributed by atoms with E-state index in [1.165, 1.54) is 12.8 Å². The van der Waals surface area contributed by atoms with E-state index in [1.807, 2.05) is 48.5 Å². The predicted molar refractivity (Wildman–Crippen MR) is 326 cm³/mol. The van der Waals surface area contributed by atoms with E-state index in [0.717, 1.165) is 113 Å². The number of hydrogen-bond donors (Lipinski definition) is 10. The molecule has 4 aromatic rings. The topological polar surface area (TPSA) is 374 Å². The molecule has 24 nitrogen and oxygen atoms in total. The van der Waals surface area contributed by atoms with Crippen molar-refractivity contribution in [1.82, 2.24) is 51.0 Å². The molecule has 2 aromatic heterocycles. The highest BCUT2D eigenvalue weighted by Gasteiger charge is 2.19. The lowest BCUT2D eigenvalue weighted by Crippen LogP contribution is -2.39. The van der Waals surface area contributed by atoms with Crippen molar-refractivity contribution in [2.45, 2.75) is 117 Å². The number of rotatable bonds is 39. The second-order valence-electron chi connectivity index (χ2n) is 19.6. The minimum Gasteiger partial charge on any atom is -0.492 e. The Morgan fingerprint density at radius 3 is 1.27 bits per heavy atom. The number of aryl methyl sites for hydroxylation is 2. The Balaban J connectivity index is 1.08. The van der Waals surface area contributed by atoms with Gasteiger partial charge in [0.25, 0.3) is 11.8 Å². The van der Waals surface area contributed by atoms with Gasteiger partial charge in [0.15, 0.2) is 56.9 Å². The van der Waals surface area contributed by atoms with Crippen molar-refractivity contribution in [3.8, 4) is 11.5 Å². The van der Waals surface area contributed by atoms with Crippen molar-refractivity contribution in [2.24, 2.45) is 21.5 Å². The van der Waals surface area contributed by atoms with Crippen molar-refractivity contribution in [3.05, 3.63) is 81.4 Å². The van der Waals surface area contributed by atoms with Crippen LogP contribution in [0.4, 0.5) is 23.3 Å². The molecular formula is C56H86Cl2N18O6. The molecule has 16 N–H and O–H groups in total. The van der Waals surface area contributed by atoms with Gasteiger partial charge in [-0.25, -0.2) is 19.9 Å². The summed E-state index contributed by atoms with van der Waals surface area (Å²) in [7, 11) is 0. The van der Waals surface area contributed by atoms with Crippen LogP contribution in [0.25, 0.3) is 0 Å². The molecule has 4 rings (SSSR count). The number of amides is 4. The number of unbranched alkanes of at least 4 members (excludes halogenated alkanes) is 8. The van der Waals surface area contributed by atoms with Gasteiger partial charge in [-0.2, -0.15) is 0 Å². The number of guanidine groups is 2. The number of nitrogens with two attached hydrogens (primary N) is 6. The predicted octanol–water partition coefficient (Wildman–Crippen LogP) is 5.27. The molecule has 0 saturated heterocycles. The van der Waals surface area contributed by atoms with E-state index in [2.05, 4.69) is 74.8 Å². The summed E-state index contributed by atoms with van der Waals surface area (Å²) < 4.78 is 12.2. The number of hydrogen-bond acceptors (Lipinski definition) is 18. The average molecular weight is 1180 g/mol. The van der Waals surface area contributed by atoms with Crippen LogP contribution in [0.1, 0.15) is 136 Å². The summed E-state index contributed by atoms with van der Waals surface area (Å²) >= 11 is 11.7. The van der Waals surface area contributed by atoms with Gasteiger partial charge in [0.1, 0.15) is 24.7 Å². The molecule has 4 amide bonds. The molecule has 0 bridgehead atoms. The molecule has 0 radical (unpaired) electrons. The summed E-state index contributed by atoms with van der Waals surface area (Å²) in [5.74, 6) is -0.711. The lowest BCUT2D eigenvalue weighted by molar-refractivity contribution is -0.126. The molecule has 26 heteroatoms. The van der Waals surface area contributed by atoms with E-state index in [9.17, 15) is 19.2 Å². The molecule has 0 fully saturated rings. The van der Waals surface area contributed by atoms with Gasteiger partial charge in [-0.3, -0.25) is 49.6 Å². The van der Waals surface area contributed by atoms with E-state index in [1.54, 1.807) is 0 Å². The highest BCUT2D eigenvalue weighted by atomic mass is 35.5. The Labute approximate surface area is 492 Å². The number of anilines is 4. The standard InChI is InChI=1S/C56H86Cl2N18O6/c1-3-5-7-13-31-75(35-37-81-41-21-17-39(18-22-41)15-9-11-27-67-55(63)73-53(79)45-49(59)71-51(61)47(57)69-45)33-29-65-43(77)25-26-44(78)66-30-34-76(32-14-8-6-4-2)36-38-82-42-23-19-40(20-24-42)16-10-12-28-68-56(64)74-54(80)46-50(60)72-52(62)48(58)70-46/h17-24H,3-16,25-38H2,1-2H3,(H,65,77)(H,66,78)(H4,59,61,71)(H4,60,62,72)(H3,63,67,73,79)(H3,64,68,74,80). The average Bonchev–Trinajstić information content (AvgIpc) is 3.62. The van der Waals surface area contributed by atoms with Crippen molar-refractivity contribution in [3.63, 3.8) is 0 Å². The van der Waals surface area contributed by atoms with Crippen LogP contribution in [0.5, 0.6) is 11.5 Å². The molecule has 2 aromatic carbocycles. The Morgan fingerprint density at radius 2 is 0.890 bits per heavy atom. The fourth-order valence-electron chi connectivity index (χ4n) is 8.32. The SMILES string of the molecule is CCCCCCN(CCNC(=O)CCC(=O)NCCN(CCCCCC)CCOc1ccc(CCCCN=C(N)NC(=O)c2nc(Cl)c(N)nc2N)cc1)CCOc1ccc(CCCCN=C(N)NC(=O)c2nc(Cl)c(N)nc2N)cc1. The van der Waals surface area contributed by atoms with Gasteiger partial charge in [-0.1, -0.05) is 99.8 Å². The number of ether oxygens (including phenoxy) is 2. The minimum absolute atomic E-state index is 0.0657. The number of aliphatic imine (C=N–C) groups is 2. The fraction of sp³-hybridized carbons (Fsp3) is 0.536. The molecule has 0 spiro atoms. The zero-order valence-corrected chi connectivity index (χ0v) is 49.2. The van der Waals surface area contributed by atoms with Crippen LogP contribution in [0.2, 0.25) is 10.3 Å². The molecule has 0 saturated carbocycles. The zero-order valence-electron chi connectivity index (χ0n) is 47.7. The maximum Gasteiger partial charge on any atom is 0.280 e. The molecule has 82 heavy (non-hydrogen) atoms. The summed E-state index contributed by atoms with van der Waals surface area (Å²) in [5, 5.41) is 10.6. The first-order valence-corrected chi connectivity index (χ1v) is 29.1. The number of nitrogens with zero attached hydrogens (tertiary/aromatic N) is 8. The Kier molecular flexibility index (Phi) is 31.5. The summed E-state index contributed by atoms with van der Waals surface area (Å²) in [4.78, 5) is 79.0. The highest BCUT2D eigenvalue weighted by Crippen LogP contribution is 2.20. The van der Waals surface area contributed by atoms with Gasteiger partial charge in [0.2, 0.25) is 11.8 Å².